The van der Waals surface area contributed by atoms with Gasteiger partial charge in [-0.3, -0.25) is 9.59 Å². The van der Waals surface area contributed by atoms with Crippen LogP contribution in [0.2, 0.25) is 0 Å². The van der Waals surface area contributed by atoms with E-state index in [1.54, 1.807) is 6.92 Å². The molecule has 3 N–H and O–H groups in total. The molecule has 0 saturated carbocycles. The Morgan fingerprint density at radius 3 is 2.65 bits per heavy atom. The number of carbonyl (C=O) groups excluding carboxylic acids is 2. The van der Waals surface area contributed by atoms with E-state index < -0.39 is 6.04 Å². The first-order valence-corrected chi connectivity index (χ1v) is 6.36. The highest BCUT2D eigenvalue weighted by Crippen LogP contribution is 2.14. The fourth-order valence-electron chi connectivity index (χ4n) is 1.33. The van der Waals surface area contributed by atoms with Crippen LogP contribution >= 0.6 is 23.6 Å². The van der Waals surface area contributed by atoms with Crippen LogP contribution in [0, 0.1) is 10.9 Å². The van der Waals surface area contributed by atoms with Gasteiger partial charge in [0.25, 0.3) is 0 Å². The molecule has 7 heteroatoms. The molecule has 0 aromatic carbocycles. The van der Waals surface area contributed by atoms with Crippen LogP contribution in [0.3, 0.4) is 0 Å². The van der Waals surface area contributed by atoms with Gasteiger partial charge in [-0.1, -0.05) is 0 Å². The van der Waals surface area contributed by atoms with Crippen LogP contribution < -0.4 is 10.6 Å². The minimum atomic E-state index is -0.528. The molecule has 1 unspecified atom stereocenters. The summed E-state index contributed by atoms with van der Waals surface area (Å²) in [6.45, 7) is 3.51. The molecule has 17 heavy (non-hydrogen) atoms. The van der Waals surface area contributed by atoms with E-state index in [0.29, 0.717) is 3.95 Å². The summed E-state index contributed by atoms with van der Waals surface area (Å²) in [5, 5.41) is 5.10. The Kier molecular flexibility index (Phi) is 4.83. The first kappa shape index (κ1) is 13.9. The monoisotopic (exact) mass is 273 g/mol. The molecule has 5 nitrogen and oxygen atoms in total. The van der Waals surface area contributed by atoms with Crippen molar-refractivity contribution < 1.29 is 9.59 Å². The molecule has 1 atom stereocenters. The quantitative estimate of drug-likeness (QED) is 0.714. The van der Waals surface area contributed by atoms with E-state index in [4.69, 9.17) is 12.2 Å². The number of hydrogen-bond donors (Lipinski definition) is 3. The zero-order valence-electron chi connectivity index (χ0n) is 9.92. The van der Waals surface area contributed by atoms with Gasteiger partial charge < -0.3 is 15.6 Å². The Morgan fingerprint density at radius 2 is 2.18 bits per heavy atom. The smallest absolute Gasteiger partial charge is 0.242 e. The summed E-state index contributed by atoms with van der Waals surface area (Å²) in [5.41, 5.74) is 0.905. The van der Waals surface area contributed by atoms with Crippen LogP contribution in [-0.4, -0.2) is 29.9 Å². The van der Waals surface area contributed by atoms with Gasteiger partial charge in [0.1, 0.15) is 6.04 Å². The third-order valence-electron chi connectivity index (χ3n) is 2.26. The van der Waals surface area contributed by atoms with Crippen molar-refractivity contribution in [2.45, 2.75) is 26.3 Å². The topological polar surface area (TPSA) is 74.0 Å². The molecule has 0 aliphatic rings. The molecule has 1 rings (SSSR count). The molecule has 1 aromatic rings. The number of H-pyrrole nitrogens is 1. The van der Waals surface area contributed by atoms with E-state index >= 15 is 0 Å². The summed E-state index contributed by atoms with van der Waals surface area (Å²) < 4.78 is 0.657. The molecule has 94 valence electrons. The van der Waals surface area contributed by atoms with Gasteiger partial charge in [-0.2, -0.15) is 0 Å². The first-order valence-electron chi connectivity index (χ1n) is 5.13. The van der Waals surface area contributed by atoms with E-state index in [1.807, 2.05) is 6.92 Å². The third-order valence-corrected chi connectivity index (χ3v) is 3.60. The average molecular weight is 273 g/mol. The lowest BCUT2D eigenvalue weighted by molar-refractivity contribution is -0.127. The Labute approximate surface area is 109 Å². The number of likely N-dealkylation sites (N-methyl/N-ethyl adjacent to an activating group) is 1. The van der Waals surface area contributed by atoms with Crippen molar-refractivity contribution in [1.82, 2.24) is 15.6 Å². The molecule has 0 saturated heterocycles. The number of thiazole rings is 1. The third kappa shape index (κ3) is 3.94. The molecule has 0 aliphatic heterocycles. The average Bonchev–Trinajstić information content (AvgIpc) is 2.55. The number of rotatable bonds is 4. The summed E-state index contributed by atoms with van der Waals surface area (Å²) in [5.74, 6) is -0.397. The van der Waals surface area contributed by atoms with Gasteiger partial charge in [0.2, 0.25) is 11.8 Å². The predicted molar refractivity (Wildman–Crippen MR) is 69.6 cm³/mol. The highest BCUT2D eigenvalue weighted by molar-refractivity contribution is 7.73. The van der Waals surface area contributed by atoms with E-state index in [2.05, 4.69) is 15.6 Å². The number of carbonyl (C=O) groups is 2. The first-order chi connectivity index (χ1) is 7.93. The SMILES string of the molecule is CNC(=O)C(C)NC(=O)Cc1sc(=S)[nH]c1C. The maximum atomic E-state index is 11.7. The van der Waals surface area contributed by atoms with Crippen LogP contribution in [0.5, 0.6) is 0 Å². The zero-order chi connectivity index (χ0) is 13.0. The van der Waals surface area contributed by atoms with Gasteiger partial charge >= 0.3 is 0 Å². The number of aryl methyl sites for hydroxylation is 1. The molecule has 0 aliphatic carbocycles. The van der Waals surface area contributed by atoms with Crippen molar-refractivity contribution in [3.05, 3.63) is 14.5 Å². The second kappa shape index (κ2) is 5.92. The van der Waals surface area contributed by atoms with Gasteiger partial charge in [0.05, 0.1) is 6.42 Å². The van der Waals surface area contributed by atoms with Crippen molar-refractivity contribution >= 4 is 35.4 Å². The van der Waals surface area contributed by atoms with Crippen LogP contribution in [0.1, 0.15) is 17.5 Å². The summed E-state index contributed by atoms with van der Waals surface area (Å²) in [6.07, 6.45) is 0.241. The molecule has 2 amide bonds. The van der Waals surface area contributed by atoms with Crippen molar-refractivity contribution in [3.63, 3.8) is 0 Å². The second-order valence-electron chi connectivity index (χ2n) is 3.64. The highest BCUT2D eigenvalue weighted by atomic mass is 32.1. The summed E-state index contributed by atoms with van der Waals surface area (Å²) >= 11 is 6.37. The molecule has 0 radical (unpaired) electrons. The summed E-state index contributed by atoms with van der Waals surface area (Å²) in [6, 6.07) is -0.528. The molecule has 0 bridgehead atoms. The van der Waals surface area contributed by atoms with Crippen LogP contribution in [-0.2, 0) is 16.0 Å². The van der Waals surface area contributed by atoms with E-state index in [0.717, 1.165) is 10.6 Å². The molecule has 1 aromatic heterocycles. The Hall–Kier alpha value is -1.21. The van der Waals surface area contributed by atoms with E-state index in [-0.39, 0.29) is 18.2 Å². The lowest BCUT2D eigenvalue weighted by Gasteiger charge is -2.11. The van der Waals surface area contributed by atoms with Crippen molar-refractivity contribution in [2.24, 2.45) is 0 Å². The van der Waals surface area contributed by atoms with Crippen molar-refractivity contribution in [2.75, 3.05) is 7.05 Å². The minimum Gasteiger partial charge on any atom is -0.357 e. The maximum absolute atomic E-state index is 11.7. The Morgan fingerprint density at radius 1 is 1.53 bits per heavy atom. The summed E-state index contributed by atoms with van der Waals surface area (Å²) in [7, 11) is 1.53. The van der Waals surface area contributed by atoms with Crippen LogP contribution in [0.4, 0.5) is 0 Å². The lowest BCUT2D eigenvalue weighted by atomic mass is 10.2. The molecular formula is C10H15N3O2S2. The number of amides is 2. The predicted octanol–water partition coefficient (Wildman–Crippen LogP) is 0.907. The number of aromatic nitrogens is 1. The van der Waals surface area contributed by atoms with E-state index in [1.165, 1.54) is 18.4 Å². The Bertz CT molecular complexity index is 478. The van der Waals surface area contributed by atoms with Crippen molar-refractivity contribution in [1.29, 1.82) is 0 Å². The number of nitrogens with one attached hydrogen (secondary N) is 3. The molecule has 0 fully saturated rings. The molecular weight excluding hydrogens is 258 g/mol. The second-order valence-corrected chi connectivity index (χ2v) is 5.41. The van der Waals surface area contributed by atoms with Gasteiger partial charge in [0, 0.05) is 17.6 Å². The fourth-order valence-corrected chi connectivity index (χ4v) is 2.62. The lowest BCUT2D eigenvalue weighted by Crippen LogP contribution is -2.44. The zero-order valence-corrected chi connectivity index (χ0v) is 11.6. The van der Waals surface area contributed by atoms with Crippen LogP contribution in [0.25, 0.3) is 0 Å². The molecule has 1 heterocycles. The largest absolute Gasteiger partial charge is 0.357 e. The van der Waals surface area contributed by atoms with Gasteiger partial charge in [-0.05, 0) is 26.1 Å². The normalized spacial score (nSPS) is 11.9. The van der Waals surface area contributed by atoms with Gasteiger partial charge in [-0.25, -0.2) is 0 Å². The fraction of sp³-hybridized carbons (Fsp3) is 0.500. The van der Waals surface area contributed by atoms with Crippen LogP contribution in [0.15, 0.2) is 0 Å². The van der Waals surface area contributed by atoms with Gasteiger partial charge in [0.15, 0.2) is 3.95 Å². The number of hydrogen-bond acceptors (Lipinski definition) is 4. The summed E-state index contributed by atoms with van der Waals surface area (Å²) in [4.78, 5) is 26.8. The highest BCUT2D eigenvalue weighted by Gasteiger charge is 2.15. The Balaban J connectivity index is 2.59. The molecule has 0 spiro atoms. The van der Waals surface area contributed by atoms with Crippen molar-refractivity contribution in [3.8, 4) is 0 Å². The number of aromatic amines is 1. The van der Waals surface area contributed by atoms with E-state index in [9.17, 15) is 9.59 Å². The van der Waals surface area contributed by atoms with Gasteiger partial charge in [-0.15, -0.1) is 11.3 Å². The maximum Gasteiger partial charge on any atom is 0.242 e. The standard InChI is InChI=1S/C10H15N3O2S2/c1-5-7(17-10(16)13-5)4-8(14)12-6(2)9(15)11-3/h6H,4H2,1-3H3,(H,11,15)(H,12,14)(H,13,16). The minimum absolute atomic E-state index is 0.186.